The van der Waals surface area contributed by atoms with Crippen LogP contribution in [0.25, 0.3) is 0 Å². The predicted molar refractivity (Wildman–Crippen MR) is 76.7 cm³/mol. The number of carboxylic acid groups (broad SMARTS) is 2. The lowest BCUT2D eigenvalue weighted by Gasteiger charge is -2.15. The lowest BCUT2D eigenvalue weighted by atomic mass is 10.1. The molecule has 0 aliphatic heterocycles. The van der Waals surface area contributed by atoms with Crippen molar-refractivity contribution in [1.29, 1.82) is 0 Å². The van der Waals surface area contributed by atoms with Crippen molar-refractivity contribution in [2.75, 3.05) is 11.9 Å². The van der Waals surface area contributed by atoms with Gasteiger partial charge in [0.2, 0.25) is 6.41 Å². The minimum absolute atomic E-state index is 0.240. The molecule has 1 aromatic rings. The molecule has 0 atom stereocenters. The van der Waals surface area contributed by atoms with Gasteiger partial charge in [0.15, 0.2) is 0 Å². The smallest absolute Gasteiger partial charge is 0.305 e. The molecule has 0 aliphatic rings. The maximum absolute atomic E-state index is 12.0. The summed E-state index contributed by atoms with van der Waals surface area (Å²) in [5, 5.41) is 19.8. The zero-order chi connectivity index (χ0) is 16.7. The molecule has 1 aromatic carbocycles. The van der Waals surface area contributed by atoms with Gasteiger partial charge in [0.25, 0.3) is 5.91 Å². The third-order valence-electron chi connectivity index (χ3n) is 2.87. The largest absolute Gasteiger partial charge is 0.481 e. The Morgan fingerprint density at radius 2 is 1.64 bits per heavy atom. The second-order valence-corrected chi connectivity index (χ2v) is 4.63. The molecule has 8 nitrogen and oxygen atoms in total. The molecule has 0 fully saturated rings. The van der Waals surface area contributed by atoms with Crippen LogP contribution in [0.15, 0.2) is 24.3 Å². The summed E-state index contributed by atoms with van der Waals surface area (Å²) >= 11 is 0. The van der Waals surface area contributed by atoms with E-state index in [2.05, 4.69) is 5.32 Å². The molecule has 0 aromatic heterocycles. The van der Waals surface area contributed by atoms with E-state index < -0.39 is 36.7 Å². The first-order chi connectivity index (χ1) is 10.3. The number of benzene rings is 1. The molecule has 3 N–H and O–H groups in total. The SMILES string of the molecule is CN(C=O)c1ccc(C(=O)NC(CC(=O)O)CC(=O)O)cc1. The summed E-state index contributed by atoms with van der Waals surface area (Å²) in [5.41, 5.74) is 0.822. The fraction of sp³-hybridized carbons (Fsp3) is 0.286. The van der Waals surface area contributed by atoms with E-state index in [0.717, 1.165) is 0 Å². The van der Waals surface area contributed by atoms with Crippen LogP contribution in [-0.2, 0) is 14.4 Å². The Morgan fingerprint density at radius 3 is 2.05 bits per heavy atom. The highest BCUT2D eigenvalue weighted by Gasteiger charge is 2.20. The van der Waals surface area contributed by atoms with E-state index in [9.17, 15) is 19.2 Å². The number of carboxylic acids is 2. The maximum Gasteiger partial charge on any atom is 0.305 e. The summed E-state index contributed by atoms with van der Waals surface area (Å²) in [4.78, 5) is 45.3. The first kappa shape index (κ1) is 17.2. The zero-order valence-electron chi connectivity index (χ0n) is 11.9. The molecule has 8 heteroatoms. The van der Waals surface area contributed by atoms with E-state index in [-0.39, 0.29) is 5.56 Å². The summed E-state index contributed by atoms with van der Waals surface area (Å²) < 4.78 is 0. The van der Waals surface area contributed by atoms with Gasteiger partial charge in [-0.3, -0.25) is 19.2 Å². The average Bonchev–Trinajstić information content (AvgIpc) is 2.45. The summed E-state index contributed by atoms with van der Waals surface area (Å²) in [6, 6.07) is 5.02. The monoisotopic (exact) mass is 308 g/mol. The van der Waals surface area contributed by atoms with Gasteiger partial charge in [-0.05, 0) is 24.3 Å². The molecular formula is C14H16N2O6. The molecule has 1 rings (SSSR count). The molecule has 2 amide bonds. The van der Waals surface area contributed by atoms with E-state index in [1.807, 2.05) is 0 Å². The van der Waals surface area contributed by atoms with E-state index >= 15 is 0 Å². The highest BCUT2D eigenvalue weighted by molar-refractivity contribution is 5.95. The minimum Gasteiger partial charge on any atom is -0.481 e. The number of nitrogens with zero attached hydrogens (tertiary/aromatic N) is 1. The summed E-state index contributed by atoms with van der Waals surface area (Å²) in [7, 11) is 1.55. The number of nitrogens with one attached hydrogen (secondary N) is 1. The Bertz CT molecular complexity index is 553. The molecule has 118 valence electrons. The van der Waals surface area contributed by atoms with Crippen molar-refractivity contribution in [2.45, 2.75) is 18.9 Å². The molecule has 0 bridgehead atoms. The van der Waals surface area contributed by atoms with Gasteiger partial charge >= 0.3 is 11.9 Å². The van der Waals surface area contributed by atoms with Gasteiger partial charge in [0.05, 0.1) is 18.9 Å². The number of rotatable bonds is 8. The second-order valence-electron chi connectivity index (χ2n) is 4.63. The van der Waals surface area contributed by atoms with Crippen LogP contribution in [0.2, 0.25) is 0 Å². The van der Waals surface area contributed by atoms with Gasteiger partial charge in [-0.2, -0.15) is 0 Å². The number of hydrogen-bond donors (Lipinski definition) is 3. The third-order valence-corrected chi connectivity index (χ3v) is 2.87. The Kier molecular flexibility index (Phi) is 6.06. The van der Waals surface area contributed by atoms with Gasteiger partial charge in [-0.25, -0.2) is 0 Å². The zero-order valence-corrected chi connectivity index (χ0v) is 11.9. The first-order valence-electron chi connectivity index (χ1n) is 6.36. The molecule has 0 unspecified atom stereocenters. The highest BCUT2D eigenvalue weighted by Crippen LogP contribution is 2.13. The average molecular weight is 308 g/mol. The Balaban J connectivity index is 2.78. The maximum atomic E-state index is 12.0. The van der Waals surface area contributed by atoms with Gasteiger partial charge in [0, 0.05) is 18.3 Å². The van der Waals surface area contributed by atoms with Crippen LogP contribution in [0.1, 0.15) is 23.2 Å². The minimum atomic E-state index is -1.20. The number of anilines is 1. The standard InChI is InChI=1S/C14H16N2O6/c1-16(8-17)11-4-2-9(3-5-11)14(22)15-10(6-12(18)19)7-13(20)21/h2-5,8,10H,6-7H2,1H3,(H,15,22)(H,18,19)(H,20,21). The fourth-order valence-corrected chi connectivity index (χ4v) is 1.77. The van der Waals surface area contributed by atoms with Crippen molar-refractivity contribution in [3.05, 3.63) is 29.8 Å². The molecule has 0 heterocycles. The summed E-state index contributed by atoms with van der Waals surface area (Å²) in [6.45, 7) is 0. The van der Waals surface area contributed by atoms with Crippen LogP contribution in [0.3, 0.4) is 0 Å². The molecule has 22 heavy (non-hydrogen) atoms. The van der Waals surface area contributed by atoms with Crippen LogP contribution >= 0.6 is 0 Å². The Hall–Kier alpha value is -2.90. The predicted octanol–water partition coefficient (Wildman–Crippen LogP) is 0.327. The van der Waals surface area contributed by atoms with Gasteiger partial charge in [-0.1, -0.05) is 0 Å². The van der Waals surface area contributed by atoms with E-state index in [1.54, 1.807) is 19.2 Å². The number of carbonyl (C=O) groups is 4. The normalized spacial score (nSPS) is 10.1. The molecule has 0 saturated heterocycles. The topological polar surface area (TPSA) is 124 Å². The number of hydrogen-bond acceptors (Lipinski definition) is 4. The fourth-order valence-electron chi connectivity index (χ4n) is 1.77. The molecule has 0 spiro atoms. The van der Waals surface area contributed by atoms with Crippen LogP contribution in [0.5, 0.6) is 0 Å². The quantitative estimate of drug-likeness (QED) is 0.594. The third kappa shape index (κ3) is 5.23. The molecule has 0 radical (unpaired) electrons. The van der Waals surface area contributed by atoms with E-state index in [1.165, 1.54) is 17.0 Å². The molecule has 0 saturated carbocycles. The number of amides is 2. The molecule has 0 aliphatic carbocycles. The van der Waals surface area contributed by atoms with Crippen molar-refractivity contribution in [1.82, 2.24) is 5.32 Å². The number of aliphatic carboxylic acids is 2. The summed E-state index contributed by atoms with van der Waals surface area (Å²) in [6.07, 6.45) is -0.348. The van der Waals surface area contributed by atoms with E-state index in [4.69, 9.17) is 10.2 Å². The first-order valence-corrected chi connectivity index (χ1v) is 6.36. The van der Waals surface area contributed by atoms with Crippen molar-refractivity contribution in [3.63, 3.8) is 0 Å². The van der Waals surface area contributed by atoms with Crippen molar-refractivity contribution < 1.29 is 29.4 Å². The second kappa shape index (κ2) is 7.77. The van der Waals surface area contributed by atoms with Gasteiger partial charge < -0.3 is 20.4 Å². The van der Waals surface area contributed by atoms with E-state index in [0.29, 0.717) is 12.1 Å². The Morgan fingerprint density at radius 1 is 1.14 bits per heavy atom. The van der Waals surface area contributed by atoms with Gasteiger partial charge in [0.1, 0.15) is 0 Å². The Labute approximate surface area is 126 Å². The van der Waals surface area contributed by atoms with Crippen LogP contribution in [0, 0.1) is 0 Å². The molecular weight excluding hydrogens is 292 g/mol. The van der Waals surface area contributed by atoms with Crippen molar-refractivity contribution >= 4 is 29.9 Å². The van der Waals surface area contributed by atoms with Crippen LogP contribution in [-0.4, -0.2) is 47.6 Å². The van der Waals surface area contributed by atoms with Crippen molar-refractivity contribution in [2.24, 2.45) is 0 Å². The number of carbonyl (C=O) groups excluding carboxylic acids is 2. The van der Waals surface area contributed by atoms with Crippen LogP contribution < -0.4 is 10.2 Å². The van der Waals surface area contributed by atoms with Crippen molar-refractivity contribution in [3.8, 4) is 0 Å². The van der Waals surface area contributed by atoms with Crippen LogP contribution in [0.4, 0.5) is 5.69 Å². The summed E-state index contributed by atoms with van der Waals surface area (Å²) in [5.74, 6) is -2.98. The lowest BCUT2D eigenvalue weighted by molar-refractivity contribution is -0.139. The van der Waals surface area contributed by atoms with Gasteiger partial charge in [-0.15, -0.1) is 0 Å². The lowest BCUT2D eigenvalue weighted by Crippen LogP contribution is -2.38. The highest BCUT2D eigenvalue weighted by atomic mass is 16.4.